The molecule has 0 spiro atoms. The van der Waals surface area contributed by atoms with Crippen molar-refractivity contribution < 1.29 is 0 Å². The Hall–Kier alpha value is -1.58. The molecule has 2 rings (SSSR count). The third-order valence-corrected chi connectivity index (χ3v) is 3.63. The number of nitrogens with zero attached hydrogens (tertiary/aromatic N) is 1. The van der Waals surface area contributed by atoms with Crippen LogP contribution < -0.4 is 10.6 Å². The van der Waals surface area contributed by atoms with Crippen LogP contribution in [0.15, 0.2) is 42.5 Å². The van der Waals surface area contributed by atoms with E-state index in [1.165, 1.54) is 11.1 Å². The summed E-state index contributed by atoms with van der Waals surface area (Å²) in [7, 11) is 2.02. The maximum Gasteiger partial charge on any atom is 0.106 e. The molecule has 0 unspecified atom stereocenters. The number of rotatable bonds is 4. The van der Waals surface area contributed by atoms with E-state index in [0.29, 0.717) is 10.0 Å². The standard InChI is InChI=1S/C16H17ClN2S/c1-11-3-5-12(6-4-11)10-19(2)15-8-7-13(17)9-14(15)16(18)20/h3-9H,10H2,1-2H3,(H2,18,20). The van der Waals surface area contributed by atoms with Crippen LogP contribution >= 0.6 is 23.8 Å². The Morgan fingerprint density at radius 3 is 2.45 bits per heavy atom. The third-order valence-electron chi connectivity index (χ3n) is 3.18. The zero-order valence-corrected chi connectivity index (χ0v) is 13.1. The summed E-state index contributed by atoms with van der Waals surface area (Å²) in [4.78, 5) is 2.48. The summed E-state index contributed by atoms with van der Waals surface area (Å²) in [5.41, 5.74) is 10.1. The first kappa shape index (κ1) is 14.8. The Morgan fingerprint density at radius 2 is 1.85 bits per heavy atom. The minimum absolute atomic E-state index is 0.359. The minimum Gasteiger partial charge on any atom is -0.389 e. The summed E-state index contributed by atoms with van der Waals surface area (Å²) in [6, 6.07) is 14.1. The maximum absolute atomic E-state index is 6.01. The Bertz CT molecular complexity index is 623. The number of hydrogen-bond donors (Lipinski definition) is 1. The van der Waals surface area contributed by atoms with Gasteiger partial charge < -0.3 is 10.6 Å². The first-order valence-corrected chi connectivity index (χ1v) is 7.12. The zero-order chi connectivity index (χ0) is 14.7. The van der Waals surface area contributed by atoms with E-state index in [1.54, 1.807) is 0 Å². The predicted molar refractivity (Wildman–Crippen MR) is 90.6 cm³/mol. The van der Waals surface area contributed by atoms with Crippen molar-refractivity contribution in [2.24, 2.45) is 5.73 Å². The van der Waals surface area contributed by atoms with Crippen LogP contribution in [0.4, 0.5) is 5.69 Å². The smallest absolute Gasteiger partial charge is 0.106 e. The van der Waals surface area contributed by atoms with E-state index in [0.717, 1.165) is 17.8 Å². The highest BCUT2D eigenvalue weighted by Crippen LogP contribution is 2.25. The SMILES string of the molecule is Cc1ccc(CN(C)c2ccc(Cl)cc2C(N)=S)cc1. The molecule has 0 fully saturated rings. The van der Waals surface area contributed by atoms with Crippen LogP contribution in [-0.2, 0) is 6.54 Å². The van der Waals surface area contributed by atoms with Gasteiger partial charge in [0.1, 0.15) is 4.99 Å². The molecule has 2 N–H and O–H groups in total. The largest absolute Gasteiger partial charge is 0.389 e. The van der Waals surface area contributed by atoms with E-state index < -0.39 is 0 Å². The van der Waals surface area contributed by atoms with Crippen molar-refractivity contribution in [3.05, 3.63) is 64.2 Å². The first-order chi connectivity index (χ1) is 9.47. The van der Waals surface area contributed by atoms with Crippen LogP contribution in [0.1, 0.15) is 16.7 Å². The van der Waals surface area contributed by atoms with Crippen LogP contribution in [0.25, 0.3) is 0 Å². The topological polar surface area (TPSA) is 29.3 Å². The van der Waals surface area contributed by atoms with Gasteiger partial charge in [-0.2, -0.15) is 0 Å². The van der Waals surface area contributed by atoms with Gasteiger partial charge in [0.25, 0.3) is 0 Å². The molecule has 0 bridgehead atoms. The molecule has 0 heterocycles. The number of anilines is 1. The van der Waals surface area contributed by atoms with Crippen molar-refractivity contribution in [2.75, 3.05) is 11.9 Å². The van der Waals surface area contributed by atoms with Crippen molar-refractivity contribution in [2.45, 2.75) is 13.5 Å². The number of thiocarbonyl (C=S) groups is 1. The lowest BCUT2D eigenvalue weighted by atomic mass is 10.1. The molecule has 2 aromatic carbocycles. The normalized spacial score (nSPS) is 10.3. The summed E-state index contributed by atoms with van der Waals surface area (Å²) >= 11 is 11.1. The van der Waals surface area contributed by atoms with E-state index in [1.807, 2.05) is 25.2 Å². The Labute approximate surface area is 130 Å². The van der Waals surface area contributed by atoms with Crippen LogP contribution in [0.2, 0.25) is 5.02 Å². The molecule has 0 radical (unpaired) electrons. The molecule has 2 aromatic rings. The number of nitrogens with two attached hydrogens (primary N) is 1. The molecule has 0 aliphatic carbocycles. The molecular formula is C16H17ClN2S. The third kappa shape index (κ3) is 3.50. The van der Waals surface area contributed by atoms with Gasteiger partial charge in [-0.25, -0.2) is 0 Å². The van der Waals surface area contributed by atoms with E-state index >= 15 is 0 Å². The maximum atomic E-state index is 6.01. The molecule has 2 nitrogen and oxygen atoms in total. The van der Waals surface area contributed by atoms with Crippen molar-refractivity contribution in [1.82, 2.24) is 0 Å². The number of benzene rings is 2. The van der Waals surface area contributed by atoms with Crippen molar-refractivity contribution in [3.63, 3.8) is 0 Å². The lowest BCUT2D eigenvalue weighted by Crippen LogP contribution is -2.21. The number of hydrogen-bond acceptors (Lipinski definition) is 2. The molecule has 0 saturated carbocycles. The van der Waals surface area contributed by atoms with E-state index in [-0.39, 0.29) is 0 Å². The van der Waals surface area contributed by atoms with Gasteiger partial charge in [-0.3, -0.25) is 0 Å². The molecule has 104 valence electrons. The van der Waals surface area contributed by atoms with Gasteiger partial charge in [-0.15, -0.1) is 0 Å². The second-order valence-corrected chi connectivity index (χ2v) is 5.74. The molecule has 0 aliphatic rings. The average Bonchev–Trinajstić information content (AvgIpc) is 2.41. The van der Waals surface area contributed by atoms with Gasteiger partial charge in [-0.1, -0.05) is 53.6 Å². The van der Waals surface area contributed by atoms with Crippen LogP contribution in [-0.4, -0.2) is 12.0 Å². The fraction of sp³-hybridized carbons (Fsp3) is 0.188. The van der Waals surface area contributed by atoms with Crippen molar-refractivity contribution in [1.29, 1.82) is 0 Å². The van der Waals surface area contributed by atoms with Crippen LogP contribution in [0.5, 0.6) is 0 Å². The van der Waals surface area contributed by atoms with Crippen LogP contribution in [0, 0.1) is 6.92 Å². The Morgan fingerprint density at radius 1 is 1.20 bits per heavy atom. The molecule has 0 saturated heterocycles. The van der Waals surface area contributed by atoms with Crippen molar-refractivity contribution >= 4 is 34.5 Å². The molecule has 0 aliphatic heterocycles. The van der Waals surface area contributed by atoms with Gasteiger partial charge in [0, 0.05) is 29.9 Å². The number of halogens is 1. The highest BCUT2D eigenvalue weighted by molar-refractivity contribution is 7.80. The first-order valence-electron chi connectivity index (χ1n) is 6.33. The molecular weight excluding hydrogens is 288 g/mol. The zero-order valence-electron chi connectivity index (χ0n) is 11.6. The highest BCUT2D eigenvalue weighted by atomic mass is 35.5. The monoisotopic (exact) mass is 304 g/mol. The lowest BCUT2D eigenvalue weighted by molar-refractivity contribution is 0.921. The molecule has 20 heavy (non-hydrogen) atoms. The van der Waals surface area contributed by atoms with Gasteiger partial charge in [0.2, 0.25) is 0 Å². The molecule has 0 atom stereocenters. The summed E-state index contributed by atoms with van der Waals surface area (Å²) in [5.74, 6) is 0. The average molecular weight is 305 g/mol. The fourth-order valence-electron chi connectivity index (χ4n) is 2.09. The second-order valence-electron chi connectivity index (χ2n) is 4.87. The Balaban J connectivity index is 2.27. The molecule has 0 aromatic heterocycles. The predicted octanol–water partition coefficient (Wildman–Crippen LogP) is 3.92. The summed E-state index contributed by atoms with van der Waals surface area (Å²) in [5, 5.41) is 0.639. The Kier molecular flexibility index (Phi) is 4.63. The van der Waals surface area contributed by atoms with Crippen LogP contribution in [0.3, 0.4) is 0 Å². The van der Waals surface area contributed by atoms with Gasteiger partial charge in [0.05, 0.1) is 0 Å². The quantitative estimate of drug-likeness (QED) is 0.868. The van der Waals surface area contributed by atoms with E-state index in [4.69, 9.17) is 29.6 Å². The van der Waals surface area contributed by atoms with Gasteiger partial charge >= 0.3 is 0 Å². The minimum atomic E-state index is 0.359. The van der Waals surface area contributed by atoms with Crippen molar-refractivity contribution in [3.8, 4) is 0 Å². The van der Waals surface area contributed by atoms with E-state index in [2.05, 4.69) is 36.1 Å². The highest BCUT2D eigenvalue weighted by Gasteiger charge is 2.10. The summed E-state index contributed by atoms with van der Waals surface area (Å²) < 4.78 is 0. The van der Waals surface area contributed by atoms with E-state index in [9.17, 15) is 0 Å². The second kappa shape index (κ2) is 6.25. The van der Waals surface area contributed by atoms with Gasteiger partial charge in [-0.05, 0) is 30.7 Å². The molecule has 0 amide bonds. The summed E-state index contributed by atoms with van der Waals surface area (Å²) in [6.07, 6.45) is 0. The number of aryl methyl sites for hydroxylation is 1. The molecule has 4 heteroatoms. The lowest BCUT2D eigenvalue weighted by Gasteiger charge is -2.22. The van der Waals surface area contributed by atoms with Gasteiger partial charge in [0.15, 0.2) is 0 Å². The fourth-order valence-corrected chi connectivity index (χ4v) is 2.43. The summed E-state index contributed by atoms with van der Waals surface area (Å²) in [6.45, 7) is 2.87.